The van der Waals surface area contributed by atoms with Gasteiger partial charge in [-0.1, -0.05) is 30.4 Å². The highest BCUT2D eigenvalue weighted by molar-refractivity contribution is 5.66. The highest BCUT2D eigenvalue weighted by Gasteiger charge is 2.46. The summed E-state index contributed by atoms with van der Waals surface area (Å²) in [5.41, 5.74) is -0.811. The van der Waals surface area contributed by atoms with E-state index in [0.29, 0.717) is 19.3 Å². The van der Waals surface area contributed by atoms with Gasteiger partial charge in [-0.2, -0.15) is 13.2 Å². The molecular weight excluding hydrogens is 429 g/mol. The average Bonchev–Trinajstić information content (AvgIpc) is 2.72. The van der Waals surface area contributed by atoms with Gasteiger partial charge in [-0.05, 0) is 37.5 Å². The molecule has 2 N–H and O–H groups in total. The lowest BCUT2D eigenvalue weighted by Gasteiger charge is -2.49. The first kappa shape index (κ1) is 24.3. The molecule has 2 bridgehead atoms. The standard InChI is InChI=1S/C23H27F3O6/c24-23(25,26)15-6-5-7-17(12-15)30-14-16(27)10-11-19-18(20-13-22(31-19)32-20)8-3-1-2-4-9-21(28)29/h1,3,5-7,10-12,16,18-20,22,27H,2,4,8-9,13-14H2,(H,28,29)/b3-1+,11-10+. The number of benzene rings is 1. The Morgan fingerprint density at radius 1 is 1.28 bits per heavy atom. The predicted molar refractivity (Wildman–Crippen MR) is 109 cm³/mol. The summed E-state index contributed by atoms with van der Waals surface area (Å²) in [6, 6.07) is 4.50. The number of fused-ring (bicyclic) bond motifs is 2. The highest BCUT2D eigenvalue weighted by atomic mass is 19.4. The second-order valence-corrected chi connectivity index (χ2v) is 7.89. The summed E-state index contributed by atoms with van der Waals surface area (Å²) in [6.07, 6.45) is 4.16. The smallest absolute Gasteiger partial charge is 0.416 e. The minimum Gasteiger partial charge on any atom is -0.491 e. The number of carboxylic acid groups (broad SMARTS) is 1. The van der Waals surface area contributed by atoms with E-state index in [-0.39, 0.29) is 43.2 Å². The molecule has 5 unspecified atom stereocenters. The summed E-state index contributed by atoms with van der Waals surface area (Å²) in [4.78, 5) is 10.5. The summed E-state index contributed by atoms with van der Waals surface area (Å²) < 4.78 is 55.1. The Hall–Kier alpha value is -2.36. The number of hydrogen-bond donors (Lipinski definition) is 2. The zero-order valence-electron chi connectivity index (χ0n) is 17.4. The van der Waals surface area contributed by atoms with Crippen LogP contribution in [0.4, 0.5) is 13.2 Å². The lowest BCUT2D eigenvalue weighted by atomic mass is 9.84. The lowest BCUT2D eigenvalue weighted by Crippen LogP contribution is -2.55. The van der Waals surface area contributed by atoms with Gasteiger partial charge in [-0.15, -0.1) is 0 Å². The van der Waals surface area contributed by atoms with Gasteiger partial charge in [-0.25, -0.2) is 0 Å². The van der Waals surface area contributed by atoms with Crippen molar-refractivity contribution in [1.82, 2.24) is 0 Å². The van der Waals surface area contributed by atoms with E-state index < -0.39 is 23.8 Å². The molecule has 0 aliphatic carbocycles. The molecule has 32 heavy (non-hydrogen) atoms. The number of unbranched alkanes of at least 4 members (excludes halogenated alkanes) is 1. The van der Waals surface area contributed by atoms with Crippen LogP contribution in [-0.4, -0.2) is 47.4 Å². The summed E-state index contributed by atoms with van der Waals surface area (Å²) >= 11 is 0. The SMILES string of the molecule is O=C(O)CCC/C=C/CC1C(/C=C/C(O)COc2cccc(C(F)(F)F)c2)OC2CC1O2. The third-order valence-electron chi connectivity index (χ3n) is 5.40. The number of aliphatic hydroxyl groups excluding tert-OH is 1. The molecule has 3 aliphatic rings. The first-order valence-electron chi connectivity index (χ1n) is 10.6. The van der Waals surface area contributed by atoms with Crippen LogP contribution in [0.15, 0.2) is 48.6 Å². The molecular formula is C23H27F3O6. The van der Waals surface area contributed by atoms with E-state index in [9.17, 15) is 23.1 Å². The van der Waals surface area contributed by atoms with Crippen LogP contribution in [0.1, 0.15) is 37.7 Å². The van der Waals surface area contributed by atoms with Crippen LogP contribution in [0, 0.1) is 5.92 Å². The summed E-state index contributed by atoms with van der Waals surface area (Å²) in [6.45, 7) is -0.192. The van der Waals surface area contributed by atoms with Gasteiger partial charge in [-0.3, -0.25) is 4.79 Å². The number of hydrogen-bond acceptors (Lipinski definition) is 5. The first-order valence-corrected chi connectivity index (χ1v) is 10.6. The van der Waals surface area contributed by atoms with E-state index >= 15 is 0 Å². The van der Waals surface area contributed by atoms with Gasteiger partial charge in [0.15, 0.2) is 6.29 Å². The van der Waals surface area contributed by atoms with Crippen molar-refractivity contribution in [2.75, 3.05) is 6.61 Å². The number of allylic oxidation sites excluding steroid dienone is 2. The Labute approximate surface area is 184 Å². The Morgan fingerprint density at radius 2 is 2.06 bits per heavy atom. The van der Waals surface area contributed by atoms with E-state index in [1.807, 2.05) is 12.2 Å². The van der Waals surface area contributed by atoms with Crippen LogP contribution >= 0.6 is 0 Å². The van der Waals surface area contributed by atoms with Crippen LogP contribution in [0.25, 0.3) is 0 Å². The molecule has 1 aromatic rings. The molecule has 176 valence electrons. The van der Waals surface area contributed by atoms with Crippen molar-refractivity contribution in [3.63, 3.8) is 0 Å². The van der Waals surface area contributed by atoms with Crippen LogP contribution < -0.4 is 4.74 Å². The number of aliphatic hydroxyl groups is 1. The summed E-state index contributed by atoms with van der Waals surface area (Å²) in [5.74, 6) is -0.723. The third kappa shape index (κ3) is 7.08. The molecule has 0 spiro atoms. The number of carboxylic acids is 1. The normalized spacial score (nSPS) is 26.2. The lowest BCUT2D eigenvalue weighted by molar-refractivity contribution is -0.337. The predicted octanol–water partition coefficient (Wildman–Crippen LogP) is 4.33. The molecule has 0 radical (unpaired) electrons. The molecule has 6 nitrogen and oxygen atoms in total. The largest absolute Gasteiger partial charge is 0.491 e. The molecule has 9 heteroatoms. The van der Waals surface area contributed by atoms with Gasteiger partial charge in [0.25, 0.3) is 0 Å². The molecule has 0 amide bonds. The van der Waals surface area contributed by atoms with Crippen LogP contribution in [0.3, 0.4) is 0 Å². The number of ether oxygens (including phenoxy) is 3. The molecule has 3 saturated heterocycles. The monoisotopic (exact) mass is 456 g/mol. The molecule has 4 rings (SSSR count). The van der Waals surface area contributed by atoms with Gasteiger partial charge >= 0.3 is 12.1 Å². The Bertz CT molecular complexity index is 816. The Morgan fingerprint density at radius 3 is 2.78 bits per heavy atom. The Kier molecular flexibility index (Phi) is 8.33. The fraction of sp³-hybridized carbons (Fsp3) is 0.522. The van der Waals surface area contributed by atoms with Gasteiger partial charge in [0.2, 0.25) is 0 Å². The van der Waals surface area contributed by atoms with E-state index in [2.05, 4.69) is 0 Å². The van der Waals surface area contributed by atoms with Crippen molar-refractivity contribution >= 4 is 5.97 Å². The quantitative estimate of drug-likeness (QED) is 0.381. The topological polar surface area (TPSA) is 85.2 Å². The summed E-state index contributed by atoms with van der Waals surface area (Å²) in [5, 5.41) is 18.8. The van der Waals surface area contributed by atoms with Crippen molar-refractivity contribution in [3.05, 3.63) is 54.1 Å². The van der Waals surface area contributed by atoms with Crippen LogP contribution in [0.5, 0.6) is 5.75 Å². The number of halogens is 3. The van der Waals surface area contributed by atoms with Crippen molar-refractivity contribution < 1.29 is 42.4 Å². The van der Waals surface area contributed by atoms with Crippen LogP contribution in [0.2, 0.25) is 0 Å². The van der Waals surface area contributed by atoms with Crippen molar-refractivity contribution in [2.45, 2.75) is 62.9 Å². The van der Waals surface area contributed by atoms with Gasteiger partial charge in [0.05, 0.1) is 17.8 Å². The maximum Gasteiger partial charge on any atom is 0.416 e. The van der Waals surface area contributed by atoms with Crippen molar-refractivity contribution in [1.29, 1.82) is 0 Å². The maximum absolute atomic E-state index is 12.8. The van der Waals surface area contributed by atoms with E-state index in [4.69, 9.17) is 19.3 Å². The van der Waals surface area contributed by atoms with E-state index in [0.717, 1.165) is 18.6 Å². The van der Waals surface area contributed by atoms with Crippen molar-refractivity contribution in [3.8, 4) is 5.75 Å². The first-order chi connectivity index (χ1) is 15.2. The molecule has 0 saturated carbocycles. The van der Waals surface area contributed by atoms with E-state index in [1.165, 1.54) is 18.2 Å². The number of rotatable bonds is 11. The molecule has 5 atom stereocenters. The zero-order chi connectivity index (χ0) is 23.1. The van der Waals surface area contributed by atoms with Gasteiger partial charge < -0.3 is 24.4 Å². The third-order valence-corrected chi connectivity index (χ3v) is 5.40. The molecule has 0 aromatic heterocycles. The molecule has 3 fully saturated rings. The molecule has 3 aliphatic heterocycles. The minimum absolute atomic E-state index is 0.0294. The Balaban J connectivity index is 1.48. The maximum atomic E-state index is 12.8. The second-order valence-electron chi connectivity index (χ2n) is 7.89. The average molecular weight is 456 g/mol. The van der Waals surface area contributed by atoms with Crippen LogP contribution in [-0.2, 0) is 20.4 Å². The zero-order valence-corrected chi connectivity index (χ0v) is 17.4. The summed E-state index contributed by atoms with van der Waals surface area (Å²) in [7, 11) is 0. The second kappa shape index (κ2) is 11.0. The van der Waals surface area contributed by atoms with Gasteiger partial charge in [0.1, 0.15) is 18.5 Å². The van der Waals surface area contributed by atoms with Crippen molar-refractivity contribution in [2.24, 2.45) is 5.92 Å². The highest BCUT2D eigenvalue weighted by Crippen LogP contribution is 2.40. The van der Waals surface area contributed by atoms with Gasteiger partial charge in [0, 0.05) is 18.8 Å². The number of carbonyl (C=O) groups is 1. The fourth-order valence-corrected chi connectivity index (χ4v) is 3.68. The number of alkyl halides is 3. The molecule has 1 aromatic carbocycles. The van der Waals surface area contributed by atoms with E-state index in [1.54, 1.807) is 6.08 Å². The minimum atomic E-state index is -4.46. The fourth-order valence-electron chi connectivity index (χ4n) is 3.68. The number of aliphatic carboxylic acids is 1. The molecule has 3 heterocycles.